The van der Waals surface area contributed by atoms with Crippen molar-refractivity contribution >= 4 is 11.8 Å². The molecule has 2 atom stereocenters. The summed E-state index contributed by atoms with van der Waals surface area (Å²) in [5.41, 5.74) is 0.521. The summed E-state index contributed by atoms with van der Waals surface area (Å²) in [5, 5.41) is 13.3. The number of rotatable bonds is 14. The van der Waals surface area contributed by atoms with Crippen LogP contribution in [0.5, 0.6) is 17.2 Å². The SMILES string of the molecule is CCOc1c(CC(N)=O)cc([C@@](O)(CNC(=O)c2ccc(OCC(C)CC)c(OC)c2)C(F)(F)F)nc1-c1ccc(F)cc1. The summed E-state index contributed by atoms with van der Waals surface area (Å²) >= 11 is 0. The van der Waals surface area contributed by atoms with Crippen LogP contribution in [0.2, 0.25) is 0 Å². The molecule has 0 saturated heterocycles. The van der Waals surface area contributed by atoms with Crippen molar-refractivity contribution in [1.29, 1.82) is 0 Å². The van der Waals surface area contributed by atoms with Gasteiger partial charge in [-0.25, -0.2) is 9.37 Å². The van der Waals surface area contributed by atoms with Crippen LogP contribution in [0.4, 0.5) is 17.6 Å². The number of halogens is 4. The van der Waals surface area contributed by atoms with Crippen molar-refractivity contribution < 1.29 is 46.5 Å². The van der Waals surface area contributed by atoms with Crippen molar-refractivity contribution in [2.75, 3.05) is 26.9 Å². The summed E-state index contributed by atoms with van der Waals surface area (Å²) in [6.07, 6.45) is -5.02. The van der Waals surface area contributed by atoms with Gasteiger partial charge in [-0.05, 0) is 61.4 Å². The molecule has 1 heterocycles. The fourth-order valence-electron chi connectivity index (χ4n) is 4.15. The highest BCUT2D eigenvalue weighted by atomic mass is 19.4. The number of amides is 2. The van der Waals surface area contributed by atoms with E-state index < -0.39 is 48.1 Å². The molecule has 0 aliphatic carbocycles. The first-order valence-electron chi connectivity index (χ1n) is 13.8. The quantitative estimate of drug-likeness (QED) is 0.218. The molecule has 1 unspecified atom stereocenters. The standard InChI is InChI=1S/C31H35F4N3O6/c1-5-18(3)16-44-23-12-9-20(13-24(23)42-4)29(40)37-17-30(41,31(33,34)35)25-14-21(15-26(36)39)28(43-6-2)27(38-25)19-7-10-22(32)11-8-19/h7-14,18,41H,5-6,15-17H2,1-4H3,(H2,36,39)(H,37,40)/t18?,30-/m0/s1. The van der Waals surface area contributed by atoms with Gasteiger partial charge in [-0.1, -0.05) is 20.3 Å². The first-order chi connectivity index (χ1) is 20.7. The number of nitrogens with two attached hydrogens (primary N) is 1. The zero-order valence-corrected chi connectivity index (χ0v) is 24.8. The maximum atomic E-state index is 14.6. The lowest BCUT2D eigenvalue weighted by Crippen LogP contribution is -2.51. The lowest BCUT2D eigenvalue weighted by atomic mass is 9.93. The number of alkyl halides is 3. The van der Waals surface area contributed by atoms with E-state index in [-0.39, 0.29) is 46.4 Å². The van der Waals surface area contributed by atoms with Crippen LogP contribution in [0.1, 0.15) is 48.8 Å². The Balaban J connectivity index is 2.03. The molecule has 9 nitrogen and oxygen atoms in total. The van der Waals surface area contributed by atoms with Crippen LogP contribution in [0.3, 0.4) is 0 Å². The van der Waals surface area contributed by atoms with E-state index in [0.717, 1.165) is 24.6 Å². The molecule has 13 heteroatoms. The Bertz CT molecular complexity index is 1470. The van der Waals surface area contributed by atoms with Gasteiger partial charge in [0.25, 0.3) is 5.91 Å². The molecule has 44 heavy (non-hydrogen) atoms. The average molecular weight is 622 g/mol. The van der Waals surface area contributed by atoms with Gasteiger partial charge in [-0.15, -0.1) is 0 Å². The highest BCUT2D eigenvalue weighted by Crippen LogP contribution is 2.42. The van der Waals surface area contributed by atoms with Crippen LogP contribution >= 0.6 is 0 Å². The van der Waals surface area contributed by atoms with Gasteiger partial charge in [0.1, 0.15) is 17.3 Å². The zero-order chi connectivity index (χ0) is 32.7. The third-order valence-corrected chi connectivity index (χ3v) is 6.86. The molecule has 2 amide bonds. The molecule has 0 aliphatic rings. The van der Waals surface area contributed by atoms with Crippen LogP contribution in [0, 0.1) is 11.7 Å². The maximum absolute atomic E-state index is 14.6. The molecule has 0 fully saturated rings. The van der Waals surface area contributed by atoms with Crippen molar-refractivity contribution in [1.82, 2.24) is 10.3 Å². The second kappa shape index (κ2) is 14.4. The average Bonchev–Trinajstić information content (AvgIpc) is 2.98. The maximum Gasteiger partial charge on any atom is 0.424 e. The number of methoxy groups -OCH3 is 1. The van der Waals surface area contributed by atoms with Gasteiger partial charge in [0, 0.05) is 16.7 Å². The van der Waals surface area contributed by atoms with E-state index in [1.807, 2.05) is 13.8 Å². The minimum absolute atomic E-state index is 0.0471. The first-order valence-corrected chi connectivity index (χ1v) is 13.8. The number of benzene rings is 2. The molecule has 0 saturated carbocycles. The van der Waals surface area contributed by atoms with E-state index >= 15 is 0 Å². The summed E-state index contributed by atoms with van der Waals surface area (Å²) in [4.78, 5) is 28.9. The summed E-state index contributed by atoms with van der Waals surface area (Å²) in [6.45, 7) is 4.71. The smallest absolute Gasteiger partial charge is 0.424 e. The Labute approximate surface area is 252 Å². The Kier molecular flexibility index (Phi) is 11.2. The van der Waals surface area contributed by atoms with Crippen LogP contribution in [-0.4, -0.2) is 54.9 Å². The van der Waals surface area contributed by atoms with Crippen LogP contribution in [-0.2, 0) is 16.8 Å². The number of hydrogen-bond acceptors (Lipinski definition) is 7. The largest absolute Gasteiger partial charge is 0.493 e. The van der Waals surface area contributed by atoms with Gasteiger partial charge in [0.15, 0.2) is 11.5 Å². The Morgan fingerprint density at radius 3 is 2.30 bits per heavy atom. The number of nitrogens with one attached hydrogen (secondary N) is 1. The number of ether oxygens (including phenoxy) is 3. The van der Waals surface area contributed by atoms with Crippen LogP contribution in [0.15, 0.2) is 48.5 Å². The summed E-state index contributed by atoms with van der Waals surface area (Å²) in [6, 6.07) is 9.63. The molecule has 0 spiro atoms. The second-order valence-corrected chi connectivity index (χ2v) is 10.2. The minimum atomic E-state index is -5.35. The summed E-state index contributed by atoms with van der Waals surface area (Å²) < 4.78 is 74.0. The topological polar surface area (TPSA) is 133 Å². The van der Waals surface area contributed by atoms with Crippen molar-refractivity contribution in [3.8, 4) is 28.5 Å². The fraction of sp³-hybridized carbons (Fsp3) is 0.387. The number of primary amides is 1. The van der Waals surface area contributed by atoms with Crippen molar-refractivity contribution in [3.05, 3.63) is 71.2 Å². The Hall–Kier alpha value is -4.39. The fourth-order valence-corrected chi connectivity index (χ4v) is 4.15. The number of aliphatic hydroxyl groups is 1. The lowest BCUT2D eigenvalue weighted by molar-refractivity contribution is -0.265. The third kappa shape index (κ3) is 7.95. The van der Waals surface area contributed by atoms with Gasteiger partial charge in [-0.3, -0.25) is 9.59 Å². The molecule has 3 aromatic rings. The number of nitrogens with zero attached hydrogens (tertiary/aromatic N) is 1. The molecule has 3 rings (SSSR count). The molecule has 0 aliphatic heterocycles. The number of hydrogen-bond donors (Lipinski definition) is 3. The molecule has 0 bridgehead atoms. The summed E-state index contributed by atoms with van der Waals surface area (Å²) in [7, 11) is 1.36. The van der Waals surface area contributed by atoms with E-state index in [9.17, 15) is 32.3 Å². The number of carbonyl (C=O) groups is 2. The van der Waals surface area contributed by atoms with Gasteiger partial charge in [-0.2, -0.15) is 13.2 Å². The van der Waals surface area contributed by atoms with Crippen LogP contribution in [0.25, 0.3) is 11.3 Å². The molecule has 4 N–H and O–H groups in total. The van der Waals surface area contributed by atoms with E-state index in [1.165, 1.54) is 37.4 Å². The minimum Gasteiger partial charge on any atom is -0.493 e. The molecular weight excluding hydrogens is 586 g/mol. The molecule has 2 aromatic carbocycles. The van der Waals surface area contributed by atoms with Gasteiger partial charge in [0.2, 0.25) is 11.5 Å². The molecular formula is C31H35F4N3O6. The summed E-state index contributed by atoms with van der Waals surface area (Å²) in [5.74, 6) is -1.69. The predicted molar refractivity (Wildman–Crippen MR) is 154 cm³/mol. The van der Waals surface area contributed by atoms with Crippen molar-refractivity contribution in [2.24, 2.45) is 11.7 Å². The Morgan fingerprint density at radius 2 is 1.73 bits per heavy atom. The normalized spacial score (nSPS) is 13.5. The highest BCUT2D eigenvalue weighted by Gasteiger charge is 2.56. The monoisotopic (exact) mass is 621 g/mol. The third-order valence-electron chi connectivity index (χ3n) is 6.86. The van der Waals surface area contributed by atoms with E-state index in [0.29, 0.717) is 12.4 Å². The molecule has 1 aromatic heterocycles. The number of carbonyl (C=O) groups excluding carboxylic acids is 2. The first kappa shape index (κ1) is 34.1. The Morgan fingerprint density at radius 1 is 1.05 bits per heavy atom. The second-order valence-electron chi connectivity index (χ2n) is 10.2. The van der Waals surface area contributed by atoms with Gasteiger partial charge >= 0.3 is 6.18 Å². The lowest BCUT2D eigenvalue weighted by Gasteiger charge is -2.31. The van der Waals surface area contributed by atoms with Crippen molar-refractivity contribution in [2.45, 2.75) is 45.4 Å². The predicted octanol–water partition coefficient (Wildman–Crippen LogP) is 4.93. The van der Waals surface area contributed by atoms with Gasteiger partial charge in [0.05, 0.1) is 39.0 Å². The van der Waals surface area contributed by atoms with E-state index in [4.69, 9.17) is 19.9 Å². The van der Waals surface area contributed by atoms with Gasteiger partial charge < -0.3 is 30.4 Å². The van der Waals surface area contributed by atoms with Crippen molar-refractivity contribution in [3.63, 3.8) is 0 Å². The highest BCUT2D eigenvalue weighted by molar-refractivity contribution is 5.95. The number of pyridine rings is 1. The zero-order valence-electron chi connectivity index (χ0n) is 24.8. The van der Waals surface area contributed by atoms with Crippen LogP contribution < -0.4 is 25.3 Å². The van der Waals surface area contributed by atoms with E-state index in [1.54, 1.807) is 6.92 Å². The molecule has 0 radical (unpaired) electrons. The molecule has 238 valence electrons. The van der Waals surface area contributed by atoms with E-state index in [2.05, 4.69) is 10.3 Å². The number of aromatic nitrogens is 1.